The van der Waals surface area contributed by atoms with Gasteiger partial charge in [0, 0.05) is 18.1 Å². The maximum atomic E-state index is 9.38. The van der Waals surface area contributed by atoms with Crippen molar-refractivity contribution >= 4 is 11.8 Å². The van der Waals surface area contributed by atoms with Crippen LogP contribution in [-0.2, 0) is 12.8 Å². The minimum Gasteiger partial charge on any atom is -0.394 e. The number of aromatic nitrogens is 3. The molecule has 1 saturated heterocycles. The van der Waals surface area contributed by atoms with Crippen molar-refractivity contribution in [2.24, 2.45) is 0 Å². The molecule has 2 aliphatic rings. The third-order valence-corrected chi connectivity index (χ3v) is 5.32. The number of aryl methyl sites for hydroxylation is 1. The summed E-state index contributed by atoms with van der Waals surface area (Å²) >= 11 is 2.07. The van der Waals surface area contributed by atoms with Gasteiger partial charge in [-0.05, 0) is 31.4 Å². The lowest BCUT2D eigenvalue weighted by Crippen LogP contribution is -2.22. The van der Waals surface area contributed by atoms with Crippen molar-refractivity contribution in [2.75, 3.05) is 12.4 Å². The molecule has 4 nitrogen and oxygen atoms in total. The molecule has 1 N–H and O–H groups in total. The summed E-state index contributed by atoms with van der Waals surface area (Å²) in [6.07, 6.45) is 8.19. The molecule has 0 aliphatic carbocycles. The Hall–Kier alpha value is -0.550. The van der Waals surface area contributed by atoms with E-state index in [9.17, 15) is 5.11 Å². The van der Waals surface area contributed by atoms with E-state index in [2.05, 4.69) is 21.8 Å². The Morgan fingerprint density at radius 3 is 3.00 bits per heavy atom. The zero-order valence-corrected chi connectivity index (χ0v) is 11.5. The number of hydrogen-bond acceptors (Lipinski definition) is 4. The molecular formula is C13H21N3OS. The number of rotatable bonds is 3. The summed E-state index contributed by atoms with van der Waals surface area (Å²) in [5.74, 6) is 3.36. The lowest BCUT2D eigenvalue weighted by molar-refractivity contribution is 0.194. The van der Waals surface area contributed by atoms with E-state index in [1.165, 1.54) is 25.0 Å². The zero-order valence-electron chi connectivity index (χ0n) is 10.7. The second-order valence-corrected chi connectivity index (χ2v) is 6.72. The van der Waals surface area contributed by atoms with Gasteiger partial charge >= 0.3 is 0 Å². The average Bonchev–Trinajstić information content (AvgIpc) is 2.82. The second kappa shape index (κ2) is 5.61. The highest BCUT2D eigenvalue weighted by Gasteiger charge is 2.24. The molecule has 18 heavy (non-hydrogen) atoms. The van der Waals surface area contributed by atoms with Gasteiger partial charge in [-0.3, -0.25) is 0 Å². The lowest BCUT2D eigenvalue weighted by atomic mass is 10.1. The summed E-state index contributed by atoms with van der Waals surface area (Å²) in [5.41, 5.74) is 0. The molecule has 0 spiro atoms. The van der Waals surface area contributed by atoms with Crippen molar-refractivity contribution < 1.29 is 5.11 Å². The number of aliphatic hydroxyl groups is 1. The first-order valence-corrected chi connectivity index (χ1v) is 8.08. The van der Waals surface area contributed by atoms with Gasteiger partial charge < -0.3 is 5.11 Å². The van der Waals surface area contributed by atoms with Crippen LogP contribution >= 0.6 is 11.8 Å². The Morgan fingerprint density at radius 2 is 2.22 bits per heavy atom. The summed E-state index contributed by atoms with van der Waals surface area (Å²) in [4.78, 5) is 4.67. The van der Waals surface area contributed by atoms with Crippen LogP contribution in [0.1, 0.15) is 49.8 Å². The molecule has 0 saturated carbocycles. The second-order valence-electron chi connectivity index (χ2n) is 5.31. The van der Waals surface area contributed by atoms with Gasteiger partial charge in [0.25, 0.3) is 0 Å². The number of nitrogens with zero attached hydrogens (tertiary/aromatic N) is 3. The van der Waals surface area contributed by atoms with Crippen LogP contribution in [0.5, 0.6) is 0 Å². The summed E-state index contributed by atoms with van der Waals surface area (Å²) in [5, 5.41) is 14.7. The minimum absolute atomic E-state index is 0.161. The fourth-order valence-corrected chi connectivity index (χ4v) is 4.22. The first-order chi connectivity index (χ1) is 8.86. The summed E-state index contributed by atoms with van der Waals surface area (Å²) in [6.45, 7) is 0.188. The molecule has 0 aromatic carbocycles. The van der Waals surface area contributed by atoms with E-state index in [4.69, 9.17) is 0 Å². The van der Waals surface area contributed by atoms with Crippen LogP contribution < -0.4 is 0 Å². The summed E-state index contributed by atoms with van der Waals surface area (Å²) < 4.78 is 1.98. The summed E-state index contributed by atoms with van der Waals surface area (Å²) in [7, 11) is 0. The van der Waals surface area contributed by atoms with Crippen LogP contribution in [0, 0.1) is 0 Å². The first-order valence-electron chi connectivity index (χ1n) is 7.03. The predicted octanol–water partition coefficient (Wildman–Crippen LogP) is 1.98. The Balaban J connectivity index is 1.71. The zero-order chi connectivity index (χ0) is 12.4. The van der Waals surface area contributed by atoms with Crippen LogP contribution in [0.15, 0.2) is 0 Å². The Bertz CT molecular complexity index is 401. The maximum Gasteiger partial charge on any atom is 0.152 e. The van der Waals surface area contributed by atoms with E-state index in [0.29, 0.717) is 5.25 Å². The van der Waals surface area contributed by atoms with Gasteiger partial charge in [0.15, 0.2) is 5.82 Å². The molecule has 1 aromatic heterocycles. The maximum absolute atomic E-state index is 9.38. The molecule has 0 amide bonds. The predicted molar refractivity (Wildman–Crippen MR) is 72.9 cm³/mol. The Morgan fingerprint density at radius 1 is 1.28 bits per heavy atom. The minimum atomic E-state index is 0.161. The topological polar surface area (TPSA) is 50.9 Å². The third-order valence-electron chi connectivity index (χ3n) is 3.92. The molecule has 0 radical (unpaired) electrons. The molecule has 1 aromatic rings. The molecule has 0 bridgehead atoms. The van der Waals surface area contributed by atoms with Crippen molar-refractivity contribution in [3.63, 3.8) is 0 Å². The van der Waals surface area contributed by atoms with E-state index in [-0.39, 0.29) is 12.6 Å². The van der Waals surface area contributed by atoms with Crippen molar-refractivity contribution in [3.8, 4) is 0 Å². The van der Waals surface area contributed by atoms with Gasteiger partial charge in [-0.1, -0.05) is 6.42 Å². The molecular weight excluding hydrogens is 246 g/mol. The first kappa shape index (κ1) is 12.5. The lowest BCUT2D eigenvalue weighted by Gasteiger charge is -2.21. The third kappa shape index (κ3) is 2.57. The van der Waals surface area contributed by atoms with Gasteiger partial charge in [-0.2, -0.15) is 16.9 Å². The van der Waals surface area contributed by atoms with Gasteiger partial charge in [0.05, 0.1) is 12.6 Å². The highest BCUT2D eigenvalue weighted by atomic mass is 32.2. The molecule has 2 unspecified atom stereocenters. The molecule has 1 fully saturated rings. The van der Waals surface area contributed by atoms with Gasteiger partial charge in [-0.15, -0.1) is 0 Å². The molecule has 5 heteroatoms. The average molecular weight is 267 g/mol. The van der Waals surface area contributed by atoms with E-state index in [0.717, 1.165) is 37.3 Å². The van der Waals surface area contributed by atoms with Crippen molar-refractivity contribution in [1.29, 1.82) is 0 Å². The molecule has 100 valence electrons. The highest BCUT2D eigenvalue weighted by molar-refractivity contribution is 7.99. The van der Waals surface area contributed by atoms with Crippen LogP contribution in [0.25, 0.3) is 0 Å². The molecule has 3 rings (SSSR count). The smallest absolute Gasteiger partial charge is 0.152 e. The fourth-order valence-electron chi connectivity index (χ4n) is 2.91. The quantitative estimate of drug-likeness (QED) is 0.910. The van der Waals surface area contributed by atoms with Crippen LogP contribution in [0.3, 0.4) is 0 Å². The van der Waals surface area contributed by atoms with Crippen molar-refractivity contribution in [3.05, 3.63) is 11.6 Å². The van der Waals surface area contributed by atoms with E-state index >= 15 is 0 Å². The fraction of sp³-hybridized carbons (Fsp3) is 0.846. The van der Waals surface area contributed by atoms with Gasteiger partial charge in [0.1, 0.15) is 5.82 Å². The van der Waals surface area contributed by atoms with E-state index in [1.807, 2.05) is 4.68 Å². The Kier molecular flexibility index (Phi) is 3.89. The molecule has 3 heterocycles. The van der Waals surface area contributed by atoms with Crippen molar-refractivity contribution in [2.45, 2.75) is 56.2 Å². The van der Waals surface area contributed by atoms with Crippen LogP contribution in [0.2, 0.25) is 0 Å². The van der Waals surface area contributed by atoms with Crippen molar-refractivity contribution in [1.82, 2.24) is 14.8 Å². The molecule has 2 aliphatic heterocycles. The van der Waals surface area contributed by atoms with Crippen LogP contribution in [0.4, 0.5) is 0 Å². The highest BCUT2D eigenvalue weighted by Crippen LogP contribution is 2.28. The Labute approximate surface area is 112 Å². The van der Waals surface area contributed by atoms with Crippen LogP contribution in [-0.4, -0.2) is 37.5 Å². The number of thioether (sulfide) groups is 1. The largest absolute Gasteiger partial charge is 0.394 e. The number of fused-ring (bicyclic) bond motifs is 1. The van der Waals surface area contributed by atoms with Gasteiger partial charge in [-0.25, -0.2) is 9.67 Å². The monoisotopic (exact) mass is 267 g/mol. The number of hydrogen-bond donors (Lipinski definition) is 1. The molecule has 2 atom stereocenters. The van der Waals surface area contributed by atoms with E-state index in [1.54, 1.807) is 0 Å². The SMILES string of the molecule is OCC1CCCc2nc(CC3CCCCS3)nn21. The standard InChI is InChI=1S/C13H21N3OS/c17-9-10-4-3-6-13-14-12(15-16(10)13)8-11-5-1-2-7-18-11/h10-11,17H,1-9H2. The van der Waals surface area contributed by atoms with E-state index < -0.39 is 0 Å². The number of aliphatic hydroxyl groups excluding tert-OH is 1. The van der Waals surface area contributed by atoms with Gasteiger partial charge in [0.2, 0.25) is 0 Å². The summed E-state index contributed by atoms with van der Waals surface area (Å²) in [6, 6.07) is 0.161. The normalized spacial score (nSPS) is 28.1.